The van der Waals surface area contributed by atoms with E-state index in [-0.39, 0.29) is 30.4 Å². The Bertz CT molecular complexity index is 1410. The second-order valence-corrected chi connectivity index (χ2v) is 9.87. The number of carbonyl (C=O) groups is 2. The number of carbonyl (C=O) groups excluding carboxylic acids is 2. The number of para-hydroxylation sites is 2. The minimum Gasteiger partial charge on any atom is -0.326 e. The Morgan fingerprint density at radius 3 is 2.26 bits per heavy atom. The molecule has 1 unspecified atom stereocenters. The molecule has 35 heavy (non-hydrogen) atoms. The highest BCUT2D eigenvalue weighted by atomic mass is 79.9. The molecule has 3 aromatic carbocycles. The molecule has 6 heteroatoms. The first-order valence-corrected chi connectivity index (χ1v) is 12.6. The fourth-order valence-electron chi connectivity index (χ4n) is 4.98. The number of benzene rings is 3. The monoisotopic (exact) mass is 525 g/mol. The van der Waals surface area contributed by atoms with Crippen molar-refractivity contribution in [2.75, 3.05) is 11.4 Å². The second-order valence-electron chi connectivity index (χ2n) is 9.01. The van der Waals surface area contributed by atoms with Gasteiger partial charge in [0.05, 0.1) is 22.6 Å². The van der Waals surface area contributed by atoms with Gasteiger partial charge < -0.3 is 9.47 Å². The van der Waals surface area contributed by atoms with E-state index in [2.05, 4.69) is 38.7 Å². The lowest BCUT2D eigenvalue weighted by Gasteiger charge is -2.39. The molecule has 4 aromatic rings. The maximum absolute atomic E-state index is 14.2. The molecule has 0 N–H and O–H groups in total. The molecule has 0 radical (unpaired) electrons. The van der Waals surface area contributed by atoms with Crippen LogP contribution in [0, 0.1) is 0 Å². The van der Waals surface area contributed by atoms with E-state index >= 15 is 0 Å². The zero-order valence-corrected chi connectivity index (χ0v) is 20.6. The fourth-order valence-corrected chi connectivity index (χ4v) is 5.43. The molecule has 2 heterocycles. The van der Waals surface area contributed by atoms with E-state index in [9.17, 15) is 9.59 Å². The number of fused-ring (bicyclic) bond motifs is 3. The fraction of sp³-hybridized carbons (Fsp3) is 0.172. The van der Waals surface area contributed by atoms with E-state index in [0.717, 1.165) is 39.9 Å². The molecule has 5 nitrogen and oxygen atoms in total. The first-order valence-electron chi connectivity index (χ1n) is 11.8. The summed E-state index contributed by atoms with van der Waals surface area (Å²) in [5, 5.41) is 0. The number of halogens is 1. The van der Waals surface area contributed by atoms with Crippen molar-refractivity contribution in [3.8, 4) is 5.69 Å². The summed E-state index contributed by atoms with van der Waals surface area (Å²) in [4.78, 5) is 31.3. The molecule has 0 bridgehead atoms. The van der Waals surface area contributed by atoms with Gasteiger partial charge in [0.25, 0.3) is 5.91 Å². The Morgan fingerprint density at radius 1 is 0.829 bits per heavy atom. The van der Waals surface area contributed by atoms with Gasteiger partial charge in [-0.15, -0.1) is 0 Å². The summed E-state index contributed by atoms with van der Waals surface area (Å²) in [6, 6.07) is 29.4. The van der Waals surface area contributed by atoms with Crippen LogP contribution < -0.4 is 4.90 Å². The molecule has 1 fully saturated rings. The zero-order chi connectivity index (χ0) is 23.9. The van der Waals surface area contributed by atoms with Gasteiger partial charge in [0, 0.05) is 16.7 Å². The number of aromatic nitrogens is 1. The number of anilines is 1. The molecule has 0 spiro atoms. The van der Waals surface area contributed by atoms with E-state index in [1.807, 2.05) is 83.9 Å². The molecule has 1 saturated carbocycles. The maximum Gasteiger partial charge on any atom is 0.255 e. The average molecular weight is 526 g/mol. The quantitative estimate of drug-likeness (QED) is 0.321. The van der Waals surface area contributed by atoms with Crippen LogP contribution in [0.3, 0.4) is 0 Å². The third-order valence-electron chi connectivity index (χ3n) is 6.76. The smallest absolute Gasteiger partial charge is 0.255 e. The molecule has 1 atom stereocenters. The van der Waals surface area contributed by atoms with Gasteiger partial charge in [0.15, 0.2) is 0 Å². The van der Waals surface area contributed by atoms with Crippen LogP contribution in [0.25, 0.3) is 5.69 Å². The third-order valence-corrected chi connectivity index (χ3v) is 7.45. The predicted octanol–water partition coefficient (Wildman–Crippen LogP) is 5.98. The van der Waals surface area contributed by atoms with E-state index in [0.29, 0.717) is 5.56 Å². The number of hydrogen-bond acceptors (Lipinski definition) is 2. The van der Waals surface area contributed by atoms with Gasteiger partial charge in [-0.05, 0) is 70.7 Å². The molecule has 1 aromatic heterocycles. The highest BCUT2D eigenvalue weighted by Crippen LogP contribution is 2.42. The predicted molar refractivity (Wildman–Crippen MR) is 140 cm³/mol. The molecule has 6 rings (SSSR count). The largest absolute Gasteiger partial charge is 0.326 e. The Labute approximate surface area is 212 Å². The second kappa shape index (κ2) is 8.86. The van der Waals surface area contributed by atoms with E-state index in [1.54, 1.807) is 4.90 Å². The molecule has 1 aliphatic heterocycles. The lowest BCUT2D eigenvalue weighted by molar-refractivity contribution is -0.119. The summed E-state index contributed by atoms with van der Waals surface area (Å²) < 4.78 is 2.90. The zero-order valence-electron chi connectivity index (χ0n) is 19.0. The van der Waals surface area contributed by atoms with Crippen LogP contribution in [-0.4, -0.2) is 33.9 Å². The van der Waals surface area contributed by atoms with E-state index in [1.165, 1.54) is 0 Å². The molecular formula is C29H24BrN3O2. The minimum absolute atomic E-state index is 0.0310. The normalized spacial score (nSPS) is 16.4. The van der Waals surface area contributed by atoms with Gasteiger partial charge in [-0.2, -0.15) is 0 Å². The van der Waals surface area contributed by atoms with Gasteiger partial charge >= 0.3 is 0 Å². The van der Waals surface area contributed by atoms with Gasteiger partial charge in [-0.3, -0.25) is 14.5 Å². The summed E-state index contributed by atoms with van der Waals surface area (Å²) in [6.07, 6.45) is 3.88. The standard InChI is InChI=1S/C29H24BrN3O2/c30-23-12-5-4-11-22(23)29(35)32(21-16-17-21)19-27(34)33-25-14-7-6-13-24(25)31-18-8-15-26(31)28(33)20-9-2-1-3-10-20/h1-15,18,21,28H,16-17,19H2. The highest BCUT2D eigenvalue weighted by Gasteiger charge is 2.40. The minimum atomic E-state index is -0.284. The summed E-state index contributed by atoms with van der Waals surface area (Å²) in [6.45, 7) is 0.0310. The Hall–Kier alpha value is -3.64. The number of amides is 2. The van der Waals surface area contributed by atoms with Gasteiger partial charge in [-0.25, -0.2) is 0 Å². The van der Waals surface area contributed by atoms with Gasteiger partial charge in [-0.1, -0.05) is 54.6 Å². The molecule has 1 aliphatic carbocycles. The Balaban J connectivity index is 1.41. The summed E-state index contributed by atoms with van der Waals surface area (Å²) in [7, 11) is 0. The van der Waals surface area contributed by atoms with Crippen molar-refractivity contribution in [3.05, 3.63) is 118 Å². The summed E-state index contributed by atoms with van der Waals surface area (Å²) in [5.41, 5.74) is 4.45. The Kier molecular flexibility index (Phi) is 5.53. The Morgan fingerprint density at radius 2 is 1.51 bits per heavy atom. The first-order chi connectivity index (χ1) is 17.1. The molecule has 174 valence electrons. The average Bonchev–Trinajstić information content (AvgIpc) is 3.62. The molecule has 2 aliphatic rings. The van der Waals surface area contributed by atoms with Crippen LogP contribution in [0.1, 0.15) is 40.5 Å². The van der Waals surface area contributed by atoms with E-state index in [4.69, 9.17) is 0 Å². The number of rotatable bonds is 5. The van der Waals surface area contributed by atoms with Gasteiger partial charge in [0.1, 0.15) is 12.6 Å². The topological polar surface area (TPSA) is 45.6 Å². The third kappa shape index (κ3) is 3.88. The van der Waals surface area contributed by atoms with Gasteiger partial charge in [0.2, 0.25) is 5.91 Å². The highest BCUT2D eigenvalue weighted by molar-refractivity contribution is 9.10. The van der Waals surface area contributed by atoms with Crippen molar-refractivity contribution in [1.29, 1.82) is 0 Å². The lowest BCUT2D eigenvalue weighted by atomic mass is 9.97. The molecule has 0 saturated heterocycles. The van der Waals surface area contributed by atoms with Crippen LogP contribution in [0.5, 0.6) is 0 Å². The lowest BCUT2D eigenvalue weighted by Crippen LogP contribution is -2.47. The maximum atomic E-state index is 14.2. The first kappa shape index (κ1) is 21.9. The molecular weight excluding hydrogens is 502 g/mol. The van der Waals surface area contributed by atoms with Crippen molar-refractivity contribution in [3.63, 3.8) is 0 Å². The number of hydrogen-bond donors (Lipinski definition) is 0. The van der Waals surface area contributed by atoms with Crippen molar-refractivity contribution in [2.45, 2.75) is 24.9 Å². The van der Waals surface area contributed by atoms with Crippen molar-refractivity contribution >= 4 is 33.4 Å². The summed E-state index contributed by atoms with van der Waals surface area (Å²) in [5.74, 6) is -0.204. The molecule has 2 amide bonds. The SMILES string of the molecule is O=C(c1ccccc1Br)N(CC(=O)N1c2ccccc2-n2cccc2C1c1ccccc1)C1CC1. The van der Waals surface area contributed by atoms with Crippen LogP contribution in [-0.2, 0) is 4.79 Å². The van der Waals surface area contributed by atoms with Crippen molar-refractivity contribution < 1.29 is 9.59 Å². The van der Waals surface area contributed by atoms with Crippen LogP contribution >= 0.6 is 15.9 Å². The van der Waals surface area contributed by atoms with E-state index < -0.39 is 0 Å². The number of nitrogens with zero attached hydrogens (tertiary/aromatic N) is 3. The van der Waals surface area contributed by atoms with Crippen LogP contribution in [0.4, 0.5) is 5.69 Å². The van der Waals surface area contributed by atoms with Crippen molar-refractivity contribution in [1.82, 2.24) is 9.47 Å². The van der Waals surface area contributed by atoms with Crippen molar-refractivity contribution in [2.24, 2.45) is 0 Å². The summed E-state index contributed by atoms with van der Waals surface area (Å²) >= 11 is 3.51. The van der Waals surface area contributed by atoms with Crippen LogP contribution in [0.15, 0.2) is 102 Å². The van der Waals surface area contributed by atoms with Crippen LogP contribution in [0.2, 0.25) is 0 Å².